The van der Waals surface area contributed by atoms with E-state index < -0.39 is 0 Å². The molecule has 130 valence electrons. The van der Waals surface area contributed by atoms with Gasteiger partial charge in [-0.15, -0.1) is 0 Å². The van der Waals surface area contributed by atoms with Gasteiger partial charge in [0, 0.05) is 18.4 Å². The van der Waals surface area contributed by atoms with Gasteiger partial charge in [-0.25, -0.2) is 0 Å². The van der Waals surface area contributed by atoms with Gasteiger partial charge in [0.05, 0.1) is 18.7 Å². The van der Waals surface area contributed by atoms with Crippen LogP contribution in [0.1, 0.15) is 29.6 Å². The van der Waals surface area contributed by atoms with Crippen molar-refractivity contribution in [2.24, 2.45) is 5.92 Å². The summed E-state index contributed by atoms with van der Waals surface area (Å²) in [6.45, 7) is 0.527. The molecule has 2 aliphatic rings. The monoisotopic (exact) mass is 338 g/mol. The molecule has 4 rings (SSSR count). The van der Waals surface area contributed by atoms with Crippen molar-refractivity contribution in [3.05, 3.63) is 54.4 Å². The third-order valence-corrected chi connectivity index (χ3v) is 5.36. The predicted molar refractivity (Wildman–Crippen MR) is 93.8 cm³/mol. The van der Waals surface area contributed by atoms with Crippen molar-refractivity contribution in [3.63, 3.8) is 0 Å². The number of ether oxygens (including phenoxy) is 2. The lowest BCUT2D eigenvalue weighted by molar-refractivity contribution is 0.0505. The molecule has 0 radical (unpaired) electrons. The molecule has 1 aromatic carbocycles. The van der Waals surface area contributed by atoms with E-state index in [0.29, 0.717) is 24.1 Å². The summed E-state index contributed by atoms with van der Waals surface area (Å²) < 4.78 is 11.2. The Hall–Kier alpha value is -2.56. The Morgan fingerprint density at radius 3 is 2.72 bits per heavy atom. The van der Waals surface area contributed by atoms with Gasteiger partial charge in [-0.05, 0) is 61.6 Å². The zero-order chi connectivity index (χ0) is 17.2. The van der Waals surface area contributed by atoms with Crippen molar-refractivity contribution in [3.8, 4) is 11.5 Å². The highest BCUT2D eigenvalue weighted by atomic mass is 16.5. The molecule has 5 heteroatoms. The van der Waals surface area contributed by atoms with E-state index in [9.17, 15) is 4.79 Å². The highest BCUT2D eigenvalue weighted by molar-refractivity contribution is 5.94. The van der Waals surface area contributed by atoms with Crippen LogP contribution in [0, 0.1) is 5.92 Å². The fraction of sp³-hybridized carbons (Fsp3) is 0.400. The van der Waals surface area contributed by atoms with Crippen LogP contribution in [-0.2, 0) is 0 Å². The minimum absolute atomic E-state index is 0.0728. The number of benzene rings is 1. The molecule has 1 amide bonds. The Morgan fingerprint density at radius 2 is 2.00 bits per heavy atom. The maximum absolute atomic E-state index is 13.0. The van der Waals surface area contributed by atoms with Gasteiger partial charge in [0.15, 0.2) is 0 Å². The van der Waals surface area contributed by atoms with Crippen LogP contribution in [0.25, 0.3) is 0 Å². The molecule has 2 bridgehead atoms. The van der Waals surface area contributed by atoms with Crippen LogP contribution in [0.3, 0.4) is 0 Å². The second kappa shape index (κ2) is 6.75. The summed E-state index contributed by atoms with van der Waals surface area (Å²) in [5, 5.41) is 0. The van der Waals surface area contributed by atoms with Crippen molar-refractivity contribution in [1.29, 1.82) is 0 Å². The van der Waals surface area contributed by atoms with Crippen molar-refractivity contribution < 1.29 is 14.3 Å². The lowest BCUT2D eigenvalue weighted by atomic mass is 9.99. The number of fused-ring (bicyclic) bond motifs is 2. The van der Waals surface area contributed by atoms with Crippen LogP contribution in [0.15, 0.2) is 48.8 Å². The van der Waals surface area contributed by atoms with Crippen molar-refractivity contribution in [2.75, 3.05) is 13.7 Å². The minimum atomic E-state index is 0.0728. The molecule has 1 aliphatic carbocycles. The number of hydrogen-bond acceptors (Lipinski definition) is 4. The molecular weight excluding hydrogens is 316 g/mol. The van der Waals surface area contributed by atoms with Crippen LogP contribution in [0.4, 0.5) is 0 Å². The first-order valence-corrected chi connectivity index (χ1v) is 8.76. The minimum Gasteiger partial charge on any atom is -0.497 e. The van der Waals surface area contributed by atoms with Crippen LogP contribution >= 0.6 is 0 Å². The highest BCUT2D eigenvalue weighted by Gasteiger charge is 2.48. The first-order chi connectivity index (χ1) is 12.3. The van der Waals surface area contributed by atoms with Gasteiger partial charge in [-0.1, -0.05) is 0 Å². The smallest absolute Gasteiger partial charge is 0.256 e. The number of hydrogen-bond donors (Lipinski definition) is 0. The predicted octanol–water partition coefficient (Wildman–Crippen LogP) is 3.16. The Bertz CT molecular complexity index is 732. The maximum Gasteiger partial charge on any atom is 0.256 e. The van der Waals surface area contributed by atoms with Crippen molar-refractivity contribution in [2.45, 2.75) is 31.3 Å². The normalized spacial score (nSPS) is 24.4. The summed E-state index contributed by atoms with van der Waals surface area (Å²) in [5.41, 5.74) is 0.657. The van der Waals surface area contributed by atoms with Crippen LogP contribution in [0.2, 0.25) is 0 Å². The number of likely N-dealkylation sites (tertiary alicyclic amines) is 1. The van der Waals surface area contributed by atoms with Crippen molar-refractivity contribution in [1.82, 2.24) is 9.88 Å². The molecule has 1 saturated carbocycles. The summed E-state index contributed by atoms with van der Waals surface area (Å²) in [6, 6.07) is 11.7. The Morgan fingerprint density at radius 1 is 1.20 bits per heavy atom. The Labute approximate surface area is 147 Å². The van der Waals surface area contributed by atoms with Crippen LogP contribution in [-0.4, -0.2) is 41.6 Å². The standard InChI is InChI=1S/C20H22N2O3/c1-24-17-6-8-18(9-7-17)25-13-19-14-4-5-16(11-14)22(19)20(23)15-3-2-10-21-12-15/h2-3,6-10,12,14,16,19H,4-5,11,13H2,1H3/t14-,16+,19+/m1/s1. The first-order valence-electron chi connectivity index (χ1n) is 8.76. The van der Waals surface area contributed by atoms with E-state index in [2.05, 4.69) is 4.98 Å². The van der Waals surface area contributed by atoms with Crippen LogP contribution in [0.5, 0.6) is 11.5 Å². The molecule has 2 fully saturated rings. The molecule has 5 nitrogen and oxygen atoms in total. The molecule has 3 atom stereocenters. The lowest BCUT2D eigenvalue weighted by Crippen LogP contribution is -2.47. The summed E-state index contributed by atoms with van der Waals surface area (Å²) >= 11 is 0. The number of piperidine rings is 1. The zero-order valence-electron chi connectivity index (χ0n) is 14.3. The molecule has 0 unspecified atom stereocenters. The van der Waals surface area contributed by atoms with E-state index in [-0.39, 0.29) is 11.9 Å². The molecular formula is C20H22N2O3. The van der Waals surface area contributed by atoms with E-state index in [1.165, 1.54) is 6.42 Å². The third-order valence-electron chi connectivity index (χ3n) is 5.36. The number of aromatic nitrogens is 1. The van der Waals surface area contributed by atoms with Gasteiger partial charge in [0.1, 0.15) is 18.1 Å². The summed E-state index contributed by atoms with van der Waals surface area (Å²) in [4.78, 5) is 19.1. The number of amides is 1. The number of nitrogens with zero attached hydrogens (tertiary/aromatic N) is 2. The van der Waals surface area contributed by atoms with E-state index in [4.69, 9.17) is 9.47 Å². The van der Waals surface area contributed by atoms with E-state index in [1.807, 2.05) is 41.3 Å². The SMILES string of the molecule is COc1ccc(OC[C@H]2[C@@H]3CC[C@@H](C3)N2C(=O)c2cccnc2)cc1. The summed E-state index contributed by atoms with van der Waals surface area (Å²) in [5.74, 6) is 2.21. The molecule has 2 aromatic rings. The molecule has 0 spiro atoms. The molecule has 0 N–H and O–H groups in total. The molecule has 25 heavy (non-hydrogen) atoms. The third kappa shape index (κ3) is 3.06. The van der Waals surface area contributed by atoms with Crippen molar-refractivity contribution >= 4 is 5.91 Å². The number of carbonyl (C=O) groups excluding carboxylic acids is 1. The second-order valence-electron chi connectivity index (χ2n) is 6.73. The fourth-order valence-corrected chi connectivity index (χ4v) is 4.12. The number of methoxy groups -OCH3 is 1. The quantitative estimate of drug-likeness (QED) is 0.840. The number of pyridine rings is 1. The topological polar surface area (TPSA) is 51.7 Å². The van der Waals surface area contributed by atoms with Gasteiger partial charge in [-0.3, -0.25) is 9.78 Å². The van der Waals surface area contributed by atoms with E-state index in [1.54, 1.807) is 19.5 Å². The second-order valence-corrected chi connectivity index (χ2v) is 6.73. The maximum atomic E-state index is 13.0. The lowest BCUT2D eigenvalue weighted by Gasteiger charge is -2.35. The van der Waals surface area contributed by atoms with Gasteiger partial charge in [-0.2, -0.15) is 0 Å². The zero-order valence-corrected chi connectivity index (χ0v) is 14.3. The number of rotatable bonds is 5. The van der Waals surface area contributed by atoms with Gasteiger partial charge in [0.25, 0.3) is 5.91 Å². The molecule has 1 aliphatic heterocycles. The average Bonchev–Trinajstić information content (AvgIpc) is 3.28. The summed E-state index contributed by atoms with van der Waals surface area (Å²) in [6.07, 6.45) is 6.70. The molecule has 1 aromatic heterocycles. The average molecular weight is 338 g/mol. The van der Waals surface area contributed by atoms with Crippen LogP contribution < -0.4 is 9.47 Å². The van der Waals surface area contributed by atoms with Gasteiger partial charge in [0.2, 0.25) is 0 Å². The van der Waals surface area contributed by atoms with Gasteiger partial charge < -0.3 is 14.4 Å². The van der Waals surface area contributed by atoms with E-state index in [0.717, 1.165) is 24.3 Å². The fourth-order valence-electron chi connectivity index (χ4n) is 4.12. The summed E-state index contributed by atoms with van der Waals surface area (Å²) in [7, 11) is 1.65. The van der Waals surface area contributed by atoms with Gasteiger partial charge >= 0.3 is 0 Å². The Kier molecular flexibility index (Phi) is 4.30. The first kappa shape index (κ1) is 15.9. The van der Waals surface area contributed by atoms with E-state index >= 15 is 0 Å². The Balaban J connectivity index is 1.48. The number of carbonyl (C=O) groups is 1. The molecule has 1 saturated heterocycles. The highest BCUT2D eigenvalue weighted by Crippen LogP contribution is 2.43. The molecule has 2 heterocycles. The largest absolute Gasteiger partial charge is 0.497 e.